The highest BCUT2D eigenvalue weighted by Crippen LogP contribution is 2.29. The lowest BCUT2D eigenvalue weighted by molar-refractivity contribution is -0.111. The van der Waals surface area contributed by atoms with E-state index in [-0.39, 0.29) is 11.3 Å². The van der Waals surface area contributed by atoms with Crippen molar-refractivity contribution in [3.05, 3.63) is 70.1 Å². The summed E-state index contributed by atoms with van der Waals surface area (Å²) >= 11 is 1.35. The van der Waals surface area contributed by atoms with Crippen LogP contribution in [-0.4, -0.2) is 18.0 Å². The number of nitrogens with zero attached hydrogens (tertiary/aromatic N) is 1. The van der Waals surface area contributed by atoms with Crippen molar-refractivity contribution in [1.29, 1.82) is 0 Å². The molecule has 0 atom stereocenters. The molecule has 0 aliphatic rings. The van der Waals surface area contributed by atoms with Crippen molar-refractivity contribution < 1.29 is 13.9 Å². The zero-order valence-electron chi connectivity index (χ0n) is 15.2. The molecule has 0 saturated carbocycles. The van der Waals surface area contributed by atoms with Crippen molar-refractivity contribution in [2.24, 2.45) is 0 Å². The standard InChI is InChI=1S/C21H16N2O4S/c1-12-3-7-17-15(9-12)20(25)13(11-27-17)4-8-19(24)23-21-22-16-6-5-14(26-2)10-18(16)28-21/h3-11H,1-2H3,(H,22,23,24)/b8-4+. The maximum absolute atomic E-state index is 12.6. The van der Waals surface area contributed by atoms with Crippen LogP contribution in [0.25, 0.3) is 27.3 Å². The highest BCUT2D eigenvalue weighted by Gasteiger charge is 2.08. The molecule has 0 bridgehead atoms. The normalized spacial score (nSPS) is 11.4. The van der Waals surface area contributed by atoms with Crippen LogP contribution in [0.2, 0.25) is 0 Å². The van der Waals surface area contributed by atoms with Gasteiger partial charge in [0.1, 0.15) is 17.6 Å². The number of anilines is 1. The monoisotopic (exact) mass is 392 g/mol. The van der Waals surface area contributed by atoms with Crippen molar-refractivity contribution in [1.82, 2.24) is 4.98 Å². The summed E-state index contributed by atoms with van der Waals surface area (Å²) in [5.74, 6) is 0.349. The minimum Gasteiger partial charge on any atom is -0.497 e. The van der Waals surface area contributed by atoms with Gasteiger partial charge in [-0.1, -0.05) is 23.0 Å². The van der Waals surface area contributed by atoms with Crippen LogP contribution in [0.4, 0.5) is 5.13 Å². The Morgan fingerprint density at radius 1 is 1.25 bits per heavy atom. The van der Waals surface area contributed by atoms with Gasteiger partial charge in [-0.3, -0.25) is 14.9 Å². The maximum atomic E-state index is 12.6. The van der Waals surface area contributed by atoms with E-state index < -0.39 is 0 Å². The van der Waals surface area contributed by atoms with Crippen molar-refractivity contribution in [2.45, 2.75) is 6.92 Å². The second-order valence-electron chi connectivity index (χ2n) is 6.20. The third-order valence-corrected chi connectivity index (χ3v) is 5.13. The molecule has 0 unspecified atom stereocenters. The van der Waals surface area contributed by atoms with Gasteiger partial charge < -0.3 is 9.15 Å². The molecule has 6 nitrogen and oxygen atoms in total. The van der Waals surface area contributed by atoms with Crippen LogP contribution in [0.3, 0.4) is 0 Å². The molecule has 4 rings (SSSR count). The molecule has 140 valence electrons. The molecule has 1 amide bonds. The fourth-order valence-electron chi connectivity index (χ4n) is 2.77. The molecule has 0 spiro atoms. The topological polar surface area (TPSA) is 81.4 Å². The van der Waals surface area contributed by atoms with Gasteiger partial charge in [0.15, 0.2) is 10.6 Å². The number of aromatic nitrogens is 1. The van der Waals surface area contributed by atoms with E-state index in [1.54, 1.807) is 19.2 Å². The Morgan fingerprint density at radius 3 is 2.93 bits per heavy atom. The summed E-state index contributed by atoms with van der Waals surface area (Å²) in [4.78, 5) is 29.2. The van der Waals surface area contributed by atoms with Crippen LogP contribution in [-0.2, 0) is 4.79 Å². The van der Waals surface area contributed by atoms with E-state index in [9.17, 15) is 9.59 Å². The minimum atomic E-state index is -0.380. The average Bonchev–Trinajstić information content (AvgIpc) is 3.09. The molecule has 2 heterocycles. The van der Waals surface area contributed by atoms with Gasteiger partial charge in [-0.15, -0.1) is 0 Å². The first-order valence-electron chi connectivity index (χ1n) is 8.49. The zero-order valence-corrected chi connectivity index (χ0v) is 16.0. The first-order valence-corrected chi connectivity index (χ1v) is 9.31. The van der Waals surface area contributed by atoms with Crippen molar-refractivity contribution in [2.75, 3.05) is 12.4 Å². The number of methoxy groups -OCH3 is 1. The third kappa shape index (κ3) is 3.52. The first-order chi connectivity index (χ1) is 13.5. The lowest BCUT2D eigenvalue weighted by Gasteiger charge is -2.00. The molecular weight excluding hydrogens is 376 g/mol. The van der Waals surface area contributed by atoms with Crippen LogP contribution in [0.5, 0.6) is 5.75 Å². The Bertz CT molecular complexity index is 1290. The number of hydrogen-bond donors (Lipinski definition) is 1. The van der Waals surface area contributed by atoms with Crippen LogP contribution in [0, 0.1) is 6.92 Å². The average molecular weight is 392 g/mol. The second kappa shape index (κ2) is 7.28. The number of ether oxygens (including phenoxy) is 1. The predicted molar refractivity (Wildman–Crippen MR) is 111 cm³/mol. The highest BCUT2D eigenvalue weighted by atomic mass is 32.1. The quantitative estimate of drug-likeness (QED) is 0.522. The van der Waals surface area contributed by atoms with E-state index in [0.717, 1.165) is 21.5 Å². The summed E-state index contributed by atoms with van der Waals surface area (Å²) in [5.41, 5.74) is 2.38. The lowest BCUT2D eigenvalue weighted by atomic mass is 10.1. The molecule has 1 N–H and O–H groups in total. The Morgan fingerprint density at radius 2 is 2.11 bits per heavy atom. The van der Waals surface area contributed by atoms with Crippen molar-refractivity contribution in [3.63, 3.8) is 0 Å². The molecule has 4 aromatic rings. The van der Waals surface area contributed by atoms with Crippen LogP contribution < -0.4 is 15.5 Å². The molecule has 0 aliphatic carbocycles. The summed E-state index contributed by atoms with van der Waals surface area (Å²) < 4.78 is 11.6. The molecule has 2 aromatic heterocycles. The number of carbonyl (C=O) groups excluding carboxylic acids is 1. The Kier molecular flexibility index (Phi) is 4.67. The molecule has 0 saturated heterocycles. The SMILES string of the molecule is COc1ccc2nc(NC(=O)/C=C/c3coc4ccc(C)cc4c3=O)sc2c1. The van der Waals surface area contributed by atoms with E-state index >= 15 is 0 Å². The van der Waals surface area contributed by atoms with Crippen LogP contribution in [0.1, 0.15) is 11.1 Å². The number of aryl methyl sites for hydroxylation is 1. The van der Waals surface area contributed by atoms with E-state index in [0.29, 0.717) is 21.7 Å². The summed E-state index contributed by atoms with van der Waals surface area (Å²) in [5, 5.41) is 3.67. The maximum Gasteiger partial charge on any atom is 0.250 e. The second-order valence-corrected chi connectivity index (χ2v) is 7.23. The third-order valence-electron chi connectivity index (χ3n) is 4.19. The molecule has 7 heteroatoms. The summed E-state index contributed by atoms with van der Waals surface area (Å²) in [6.07, 6.45) is 4.09. The van der Waals surface area contributed by atoms with Gasteiger partial charge in [0.05, 0.1) is 28.3 Å². The van der Waals surface area contributed by atoms with Crippen molar-refractivity contribution in [3.8, 4) is 5.75 Å². The van der Waals surface area contributed by atoms with Gasteiger partial charge >= 0.3 is 0 Å². The molecule has 0 radical (unpaired) electrons. The molecule has 2 aromatic carbocycles. The molecular formula is C21H16N2O4S. The van der Waals surface area contributed by atoms with E-state index in [1.165, 1.54) is 29.8 Å². The Hall–Kier alpha value is -3.45. The largest absolute Gasteiger partial charge is 0.497 e. The van der Waals surface area contributed by atoms with Crippen LogP contribution >= 0.6 is 11.3 Å². The van der Waals surface area contributed by atoms with Gasteiger partial charge in [0.25, 0.3) is 0 Å². The van der Waals surface area contributed by atoms with E-state index in [1.807, 2.05) is 31.2 Å². The van der Waals surface area contributed by atoms with E-state index in [4.69, 9.17) is 9.15 Å². The van der Waals surface area contributed by atoms with Gasteiger partial charge in [-0.05, 0) is 43.3 Å². The summed E-state index contributed by atoms with van der Waals surface area (Å²) in [6, 6.07) is 10.9. The first kappa shape index (κ1) is 17.9. The van der Waals surface area contributed by atoms with E-state index in [2.05, 4.69) is 10.3 Å². The van der Waals surface area contributed by atoms with Gasteiger partial charge in [-0.25, -0.2) is 4.98 Å². The van der Waals surface area contributed by atoms with Gasteiger partial charge in [-0.2, -0.15) is 0 Å². The number of rotatable bonds is 4. The number of carbonyl (C=O) groups is 1. The van der Waals surface area contributed by atoms with Crippen LogP contribution in [0.15, 0.2) is 57.9 Å². The van der Waals surface area contributed by atoms with Crippen molar-refractivity contribution >= 4 is 49.6 Å². The fourth-order valence-corrected chi connectivity index (χ4v) is 3.67. The van der Waals surface area contributed by atoms with Gasteiger partial charge in [0.2, 0.25) is 5.91 Å². The Labute approximate surface area is 164 Å². The predicted octanol–water partition coefficient (Wildman–Crippen LogP) is 4.37. The number of nitrogens with one attached hydrogen (secondary N) is 1. The fraction of sp³-hybridized carbons (Fsp3) is 0.0952. The van der Waals surface area contributed by atoms with Gasteiger partial charge in [0, 0.05) is 6.08 Å². The summed E-state index contributed by atoms with van der Waals surface area (Å²) in [6.45, 7) is 1.91. The number of amides is 1. The Balaban J connectivity index is 1.55. The number of benzene rings is 2. The zero-order chi connectivity index (χ0) is 19.7. The number of fused-ring (bicyclic) bond motifs is 2. The summed E-state index contributed by atoms with van der Waals surface area (Å²) in [7, 11) is 1.60. The molecule has 28 heavy (non-hydrogen) atoms. The number of hydrogen-bond acceptors (Lipinski definition) is 6. The highest BCUT2D eigenvalue weighted by molar-refractivity contribution is 7.22. The molecule has 0 fully saturated rings. The smallest absolute Gasteiger partial charge is 0.250 e. The number of thiazole rings is 1. The minimum absolute atomic E-state index is 0.180. The lowest BCUT2D eigenvalue weighted by Crippen LogP contribution is -2.09. The molecule has 0 aliphatic heterocycles.